The van der Waals surface area contributed by atoms with Crippen molar-refractivity contribution in [3.05, 3.63) is 81.9 Å². The molecule has 0 unspecified atom stereocenters. The second-order valence-electron chi connectivity index (χ2n) is 7.12. The van der Waals surface area contributed by atoms with Gasteiger partial charge in [0.2, 0.25) is 0 Å². The Kier molecular flexibility index (Phi) is 3.54. The average Bonchev–Trinajstić information content (AvgIpc) is 3.19. The van der Waals surface area contributed by atoms with E-state index in [1.165, 1.54) is 10.8 Å². The summed E-state index contributed by atoms with van der Waals surface area (Å²) in [6.45, 7) is 3.99. The third-order valence-electron chi connectivity index (χ3n) is 5.30. The van der Waals surface area contributed by atoms with Gasteiger partial charge in [-0.15, -0.1) is 0 Å². The Morgan fingerprint density at radius 3 is 1.54 bits per heavy atom. The number of aromatic nitrogens is 2. The maximum Gasteiger partial charge on any atom is 0.197 e. The Balaban J connectivity index is 1.65. The Labute approximate surface area is 162 Å². The molecule has 2 aromatic carbocycles. The molecule has 5 nitrogen and oxygen atoms in total. The summed E-state index contributed by atoms with van der Waals surface area (Å²) >= 11 is 0. The molecule has 0 aliphatic carbocycles. The lowest BCUT2D eigenvalue weighted by Gasteiger charge is -2.18. The average molecular weight is 389 g/mol. The molecular weight excluding hydrogens is 370 g/mol. The summed E-state index contributed by atoms with van der Waals surface area (Å²) in [5.74, 6) is 0. The summed E-state index contributed by atoms with van der Waals surface area (Å²) in [7, 11) is -3.51. The minimum absolute atomic E-state index is 0.546. The van der Waals surface area contributed by atoms with Crippen LogP contribution in [0.2, 0.25) is 0 Å². The Bertz CT molecular complexity index is 1320. The summed E-state index contributed by atoms with van der Waals surface area (Å²) in [6, 6.07) is 15.9. The zero-order chi connectivity index (χ0) is 19.5. The molecule has 28 heavy (non-hydrogen) atoms. The van der Waals surface area contributed by atoms with Gasteiger partial charge in [0.25, 0.3) is 0 Å². The molecule has 3 heterocycles. The highest BCUT2D eigenvalue weighted by molar-refractivity contribution is 7.97. The van der Waals surface area contributed by atoms with Crippen LogP contribution in [0.4, 0.5) is 0 Å². The fourth-order valence-corrected chi connectivity index (χ4v) is 4.99. The first-order valence-electron chi connectivity index (χ1n) is 9.04. The number of sulfone groups is 1. The fraction of sp³-hybridized carbons (Fsp3) is 0.0909. The molecule has 0 radical (unpaired) electrons. The Morgan fingerprint density at radius 1 is 0.679 bits per heavy atom. The molecule has 0 bridgehead atoms. The molecule has 0 amide bonds. The molecule has 0 saturated carbocycles. The molecule has 2 aromatic heterocycles. The predicted octanol–water partition coefficient (Wildman–Crippen LogP) is 4.58. The molecule has 0 saturated heterocycles. The van der Waals surface area contributed by atoms with Gasteiger partial charge < -0.3 is 15.3 Å². The largest absolute Gasteiger partial charge is 0.353 e. The molecule has 0 spiro atoms. The van der Waals surface area contributed by atoms with E-state index in [0.29, 0.717) is 11.4 Å². The van der Waals surface area contributed by atoms with E-state index in [1.54, 1.807) is 0 Å². The lowest BCUT2D eigenvalue weighted by molar-refractivity contribution is 0.612. The summed E-state index contributed by atoms with van der Waals surface area (Å²) in [5, 5.41) is 8.05. The number of benzene rings is 2. The predicted molar refractivity (Wildman–Crippen MR) is 114 cm³/mol. The molecule has 5 rings (SSSR count). The Hall–Kier alpha value is -3.25. The minimum Gasteiger partial charge on any atom is -0.353 e. The molecule has 1 aliphatic heterocycles. The topological polar surface area (TPSA) is 77.8 Å². The van der Waals surface area contributed by atoms with Crippen LogP contribution in [0.1, 0.15) is 22.5 Å². The highest BCUT2D eigenvalue weighted by Crippen LogP contribution is 2.32. The quantitative estimate of drug-likeness (QED) is 0.470. The van der Waals surface area contributed by atoms with Crippen LogP contribution >= 0.6 is 0 Å². The van der Waals surface area contributed by atoms with Crippen LogP contribution in [-0.4, -0.2) is 18.4 Å². The lowest BCUT2D eigenvalue weighted by Crippen LogP contribution is -2.19. The smallest absolute Gasteiger partial charge is 0.197 e. The number of rotatable bonds is 2. The molecule has 4 aromatic rings. The van der Waals surface area contributed by atoms with Crippen molar-refractivity contribution in [2.75, 3.05) is 0 Å². The van der Waals surface area contributed by atoms with Crippen LogP contribution in [0.3, 0.4) is 0 Å². The van der Waals surface area contributed by atoms with Gasteiger partial charge in [-0.05, 0) is 37.1 Å². The van der Waals surface area contributed by atoms with E-state index in [2.05, 4.69) is 15.3 Å². The number of fused-ring (bicyclic) bond motifs is 2. The Morgan fingerprint density at radius 2 is 1.11 bits per heavy atom. The first-order valence-corrected chi connectivity index (χ1v) is 10.6. The van der Waals surface area contributed by atoms with Crippen LogP contribution in [-0.2, 0) is 9.84 Å². The van der Waals surface area contributed by atoms with Crippen LogP contribution < -0.4 is 5.32 Å². The number of para-hydroxylation sites is 2. The van der Waals surface area contributed by atoms with Crippen molar-refractivity contribution in [1.29, 1.82) is 0 Å². The zero-order valence-corrected chi connectivity index (χ0v) is 16.3. The third-order valence-corrected chi connectivity index (χ3v) is 6.43. The number of aryl methyl sites for hydroxylation is 2. The van der Waals surface area contributed by atoms with Crippen molar-refractivity contribution in [3.8, 4) is 0 Å². The normalized spacial score (nSPS) is 16.1. The second kappa shape index (κ2) is 5.87. The number of aromatic amines is 2. The number of nitrogens with one attached hydrogen (secondary N) is 3. The third kappa shape index (κ3) is 2.57. The van der Waals surface area contributed by atoms with Crippen molar-refractivity contribution < 1.29 is 8.42 Å². The van der Waals surface area contributed by atoms with Crippen molar-refractivity contribution in [3.63, 3.8) is 0 Å². The SMILES string of the molecule is Cc1c(C2=CS(=O)(=O)C=C(c3[nH]c4ccccc4c3C)N2)[nH]c2ccccc12. The fourth-order valence-electron chi connectivity index (χ4n) is 3.91. The summed E-state index contributed by atoms with van der Waals surface area (Å²) < 4.78 is 25.3. The molecule has 140 valence electrons. The van der Waals surface area contributed by atoms with E-state index in [-0.39, 0.29) is 0 Å². The van der Waals surface area contributed by atoms with Gasteiger partial charge in [-0.2, -0.15) is 0 Å². The zero-order valence-electron chi connectivity index (χ0n) is 15.5. The monoisotopic (exact) mass is 389 g/mol. The van der Waals surface area contributed by atoms with E-state index in [1.807, 2.05) is 62.4 Å². The van der Waals surface area contributed by atoms with E-state index >= 15 is 0 Å². The van der Waals surface area contributed by atoms with Gasteiger partial charge in [0.1, 0.15) is 0 Å². The standard InChI is InChI=1S/C22H19N3O2S/c1-13-15-7-3-5-9-17(15)24-21(13)19-11-28(26,27)12-20(23-19)22-14(2)16-8-4-6-10-18(16)25-22/h3-12,23-25H,1-2H3. The van der Waals surface area contributed by atoms with E-state index in [9.17, 15) is 8.42 Å². The molecule has 3 N–H and O–H groups in total. The lowest BCUT2D eigenvalue weighted by atomic mass is 10.1. The second-order valence-corrected chi connectivity index (χ2v) is 8.77. The summed E-state index contributed by atoms with van der Waals surface area (Å²) in [6.07, 6.45) is 0. The maximum absolute atomic E-state index is 12.7. The van der Waals surface area contributed by atoms with Crippen LogP contribution in [0.15, 0.2) is 59.3 Å². The molecule has 0 fully saturated rings. The maximum atomic E-state index is 12.7. The first kappa shape index (κ1) is 16.9. The summed E-state index contributed by atoms with van der Waals surface area (Å²) in [5.41, 5.74) is 6.64. The van der Waals surface area contributed by atoms with E-state index in [0.717, 1.165) is 44.3 Å². The van der Waals surface area contributed by atoms with E-state index < -0.39 is 9.84 Å². The van der Waals surface area contributed by atoms with Gasteiger partial charge in [0, 0.05) is 21.8 Å². The number of hydrogen-bond donors (Lipinski definition) is 3. The highest BCUT2D eigenvalue weighted by atomic mass is 32.2. The van der Waals surface area contributed by atoms with E-state index in [4.69, 9.17) is 0 Å². The van der Waals surface area contributed by atoms with Gasteiger partial charge in [-0.3, -0.25) is 0 Å². The highest BCUT2D eigenvalue weighted by Gasteiger charge is 2.23. The molecule has 1 aliphatic rings. The van der Waals surface area contributed by atoms with Gasteiger partial charge in [-0.25, -0.2) is 8.42 Å². The first-order chi connectivity index (χ1) is 13.4. The van der Waals surface area contributed by atoms with Crippen LogP contribution in [0.25, 0.3) is 33.2 Å². The van der Waals surface area contributed by atoms with Crippen LogP contribution in [0.5, 0.6) is 0 Å². The van der Waals surface area contributed by atoms with Gasteiger partial charge in [-0.1, -0.05) is 36.4 Å². The number of hydrogen-bond acceptors (Lipinski definition) is 3. The van der Waals surface area contributed by atoms with Gasteiger partial charge in [0.05, 0.1) is 33.6 Å². The summed E-state index contributed by atoms with van der Waals surface area (Å²) in [4.78, 5) is 6.70. The van der Waals surface area contributed by atoms with Crippen molar-refractivity contribution in [2.24, 2.45) is 0 Å². The molecule has 6 heteroatoms. The van der Waals surface area contributed by atoms with Crippen LogP contribution in [0, 0.1) is 13.8 Å². The number of H-pyrrole nitrogens is 2. The molecular formula is C22H19N3O2S. The van der Waals surface area contributed by atoms with Gasteiger partial charge >= 0.3 is 0 Å². The van der Waals surface area contributed by atoms with Crippen molar-refractivity contribution in [2.45, 2.75) is 13.8 Å². The van der Waals surface area contributed by atoms with Crippen molar-refractivity contribution in [1.82, 2.24) is 15.3 Å². The molecule has 0 atom stereocenters. The van der Waals surface area contributed by atoms with Crippen molar-refractivity contribution >= 4 is 43.0 Å². The minimum atomic E-state index is -3.51. The van der Waals surface area contributed by atoms with Gasteiger partial charge in [0.15, 0.2) is 9.84 Å².